The van der Waals surface area contributed by atoms with E-state index in [9.17, 15) is 5.11 Å². The van der Waals surface area contributed by atoms with Gasteiger partial charge >= 0.3 is 0 Å². The van der Waals surface area contributed by atoms with Crippen LogP contribution in [0, 0.1) is 5.92 Å². The van der Waals surface area contributed by atoms with Gasteiger partial charge in [0.1, 0.15) is 5.69 Å². The molecule has 0 spiro atoms. The van der Waals surface area contributed by atoms with Crippen LogP contribution in [0.1, 0.15) is 38.7 Å². The molecule has 1 fully saturated rings. The highest BCUT2D eigenvalue weighted by atomic mass is 16.5. The highest BCUT2D eigenvalue weighted by Gasteiger charge is 2.27. The molecule has 1 aromatic heterocycles. The molecule has 1 saturated heterocycles. The van der Waals surface area contributed by atoms with Crippen LogP contribution >= 0.6 is 0 Å². The molecule has 170 valence electrons. The molecule has 1 aromatic carbocycles. The number of anilines is 1. The second-order valence-electron chi connectivity index (χ2n) is 8.57. The summed E-state index contributed by atoms with van der Waals surface area (Å²) in [6, 6.07) is 10.2. The number of aromatic nitrogens is 1. The van der Waals surface area contributed by atoms with Crippen LogP contribution in [0.5, 0.6) is 0 Å². The lowest BCUT2D eigenvalue weighted by molar-refractivity contribution is 0.0246. The highest BCUT2D eigenvalue weighted by Crippen LogP contribution is 2.34. The van der Waals surface area contributed by atoms with Crippen molar-refractivity contribution in [3.8, 4) is 11.3 Å². The Hall–Kier alpha value is -2.15. The molecule has 0 unspecified atom stereocenters. The third-order valence-electron chi connectivity index (χ3n) is 5.82. The van der Waals surface area contributed by atoms with Crippen LogP contribution in [0.3, 0.4) is 0 Å². The normalized spacial score (nSPS) is 16.1. The van der Waals surface area contributed by atoms with Gasteiger partial charge < -0.3 is 19.3 Å². The molecule has 0 saturated carbocycles. The number of hydrogen-bond donors (Lipinski definition) is 1. The Labute approximate surface area is 186 Å². The number of nitrogens with zero attached hydrogens (tertiary/aromatic N) is 3. The maximum absolute atomic E-state index is 10.5. The van der Waals surface area contributed by atoms with Crippen molar-refractivity contribution in [1.82, 2.24) is 10.1 Å². The number of piperidine rings is 1. The lowest BCUT2D eigenvalue weighted by atomic mass is 9.98. The van der Waals surface area contributed by atoms with Crippen LogP contribution in [-0.2, 0) is 11.3 Å². The third kappa shape index (κ3) is 6.66. The monoisotopic (exact) mass is 427 g/mol. The molecule has 3 rings (SSSR count). The van der Waals surface area contributed by atoms with E-state index in [1.807, 2.05) is 18.2 Å². The molecule has 1 atom stereocenters. The summed E-state index contributed by atoms with van der Waals surface area (Å²) in [5.41, 5.74) is 3.06. The Balaban J connectivity index is 1.83. The standard InChI is InChI=1S/C25H37N3O3/c1-4-13-27(17-22(29)19-30-16-5-2)18-23-24(21-9-7-6-8-10-21)26-31-25(23)28-14-11-20(3)12-15-28/h5-10,20,22,29H,2,4,11-19H2,1,3H3/t22-/m1/s1. The number of aliphatic hydroxyl groups is 1. The Bertz CT molecular complexity index is 785. The SMILES string of the molecule is C=CCOC[C@H](O)CN(CCC)Cc1c(-c2ccccc2)noc1N1CCC(C)CC1. The number of rotatable bonds is 12. The molecule has 6 nitrogen and oxygen atoms in total. The number of ether oxygens (including phenoxy) is 1. The van der Waals surface area contributed by atoms with Gasteiger partial charge in [0, 0.05) is 31.7 Å². The van der Waals surface area contributed by atoms with Gasteiger partial charge in [-0.1, -0.05) is 55.4 Å². The smallest absolute Gasteiger partial charge is 0.232 e. The molecule has 0 radical (unpaired) electrons. The van der Waals surface area contributed by atoms with E-state index in [0.717, 1.165) is 54.7 Å². The zero-order valence-corrected chi connectivity index (χ0v) is 19.0. The van der Waals surface area contributed by atoms with Gasteiger partial charge in [-0.2, -0.15) is 0 Å². The van der Waals surface area contributed by atoms with Crippen molar-refractivity contribution in [2.24, 2.45) is 5.92 Å². The van der Waals surface area contributed by atoms with Crippen molar-refractivity contribution in [2.75, 3.05) is 44.3 Å². The van der Waals surface area contributed by atoms with E-state index in [4.69, 9.17) is 9.26 Å². The molecule has 0 aliphatic carbocycles. The predicted molar refractivity (Wildman–Crippen MR) is 125 cm³/mol. The van der Waals surface area contributed by atoms with Gasteiger partial charge in [0.2, 0.25) is 5.88 Å². The minimum Gasteiger partial charge on any atom is -0.389 e. The molecule has 2 aromatic rings. The van der Waals surface area contributed by atoms with E-state index >= 15 is 0 Å². The Morgan fingerprint density at radius 3 is 2.74 bits per heavy atom. The van der Waals surface area contributed by atoms with Crippen LogP contribution in [0.15, 0.2) is 47.5 Å². The minimum atomic E-state index is -0.550. The zero-order valence-electron chi connectivity index (χ0n) is 19.0. The fraction of sp³-hybridized carbons (Fsp3) is 0.560. The molecule has 1 N–H and O–H groups in total. The van der Waals surface area contributed by atoms with Crippen LogP contribution in [0.4, 0.5) is 5.88 Å². The van der Waals surface area contributed by atoms with Gasteiger partial charge in [0.15, 0.2) is 0 Å². The van der Waals surface area contributed by atoms with Crippen LogP contribution in [0.25, 0.3) is 11.3 Å². The maximum atomic E-state index is 10.5. The molecule has 0 amide bonds. The van der Waals surface area contributed by atoms with Gasteiger partial charge in [0.05, 0.1) is 24.9 Å². The van der Waals surface area contributed by atoms with Gasteiger partial charge in [-0.25, -0.2) is 0 Å². The van der Waals surface area contributed by atoms with Crippen molar-refractivity contribution in [3.63, 3.8) is 0 Å². The first-order valence-corrected chi connectivity index (χ1v) is 11.5. The van der Waals surface area contributed by atoms with E-state index in [2.05, 4.69) is 47.5 Å². The topological polar surface area (TPSA) is 62.0 Å². The summed E-state index contributed by atoms with van der Waals surface area (Å²) in [7, 11) is 0. The molecule has 2 heterocycles. The third-order valence-corrected chi connectivity index (χ3v) is 5.82. The second-order valence-corrected chi connectivity index (χ2v) is 8.57. The predicted octanol–water partition coefficient (Wildman–Crippen LogP) is 4.35. The molecule has 0 bridgehead atoms. The first-order valence-electron chi connectivity index (χ1n) is 11.5. The van der Waals surface area contributed by atoms with Crippen molar-refractivity contribution in [3.05, 3.63) is 48.6 Å². The summed E-state index contributed by atoms with van der Waals surface area (Å²) in [5, 5.41) is 15.0. The fourth-order valence-electron chi connectivity index (χ4n) is 4.14. The summed E-state index contributed by atoms with van der Waals surface area (Å²) in [5.74, 6) is 1.63. The second kappa shape index (κ2) is 12.0. The van der Waals surface area contributed by atoms with E-state index in [1.165, 1.54) is 12.8 Å². The van der Waals surface area contributed by atoms with Gasteiger partial charge in [-0.15, -0.1) is 6.58 Å². The summed E-state index contributed by atoms with van der Waals surface area (Å²) in [6.07, 6.45) is 4.48. The van der Waals surface area contributed by atoms with E-state index in [0.29, 0.717) is 26.3 Å². The molecular weight excluding hydrogens is 390 g/mol. The number of hydrogen-bond acceptors (Lipinski definition) is 6. The summed E-state index contributed by atoms with van der Waals surface area (Å²) >= 11 is 0. The van der Waals surface area contributed by atoms with Crippen LogP contribution in [-0.4, -0.2) is 60.7 Å². The summed E-state index contributed by atoms with van der Waals surface area (Å²) < 4.78 is 11.4. The quantitative estimate of drug-likeness (QED) is 0.401. The molecule has 1 aliphatic heterocycles. The lowest BCUT2D eigenvalue weighted by Gasteiger charge is -2.31. The van der Waals surface area contributed by atoms with E-state index in [1.54, 1.807) is 6.08 Å². The number of benzene rings is 1. The Morgan fingerprint density at radius 1 is 1.32 bits per heavy atom. The first-order chi connectivity index (χ1) is 15.1. The fourth-order valence-corrected chi connectivity index (χ4v) is 4.14. The lowest BCUT2D eigenvalue weighted by Crippen LogP contribution is -2.36. The average molecular weight is 428 g/mol. The largest absolute Gasteiger partial charge is 0.389 e. The van der Waals surface area contributed by atoms with Crippen molar-refractivity contribution in [2.45, 2.75) is 45.8 Å². The van der Waals surface area contributed by atoms with Gasteiger partial charge in [-0.3, -0.25) is 4.90 Å². The van der Waals surface area contributed by atoms with E-state index < -0.39 is 6.10 Å². The summed E-state index contributed by atoms with van der Waals surface area (Å²) in [4.78, 5) is 4.61. The molecule has 31 heavy (non-hydrogen) atoms. The van der Waals surface area contributed by atoms with Crippen molar-refractivity contribution < 1.29 is 14.4 Å². The molecule has 1 aliphatic rings. The Kier molecular flexibility index (Phi) is 9.13. The highest BCUT2D eigenvalue weighted by molar-refractivity contribution is 5.68. The summed E-state index contributed by atoms with van der Waals surface area (Å²) in [6.45, 7) is 13.0. The number of aliphatic hydroxyl groups excluding tert-OH is 1. The van der Waals surface area contributed by atoms with Crippen molar-refractivity contribution >= 4 is 5.88 Å². The Morgan fingerprint density at radius 2 is 2.06 bits per heavy atom. The molecule has 6 heteroatoms. The van der Waals surface area contributed by atoms with Crippen molar-refractivity contribution in [1.29, 1.82) is 0 Å². The average Bonchev–Trinajstić information content (AvgIpc) is 3.18. The van der Waals surface area contributed by atoms with Crippen LogP contribution < -0.4 is 4.90 Å². The molecular formula is C25H37N3O3. The van der Waals surface area contributed by atoms with Crippen LogP contribution in [0.2, 0.25) is 0 Å². The first kappa shape index (κ1) is 23.5. The maximum Gasteiger partial charge on any atom is 0.232 e. The minimum absolute atomic E-state index is 0.304. The van der Waals surface area contributed by atoms with Gasteiger partial charge in [-0.05, 0) is 31.7 Å². The zero-order chi connectivity index (χ0) is 22.1. The van der Waals surface area contributed by atoms with E-state index in [-0.39, 0.29) is 0 Å². The van der Waals surface area contributed by atoms with Gasteiger partial charge in [0.25, 0.3) is 0 Å².